The summed E-state index contributed by atoms with van der Waals surface area (Å²) < 4.78 is 10.5. The van der Waals surface area contributed by atoms with Crippen molar-refractivity contribution in [2.75, 3.05) is 20.8 Å². The Bertz CT molecular complexity index is 895. The molecule has 0 heterocycles. The molecular weight excluding hydrogens is 340 g/mol. The minimum atomic E-state index is -0.379. The molecule has 0 saturated heterocycles. The molecule has 0 bridgehead atoms. The summed E-state index contributed by atoms with van der Waals surface area (Å²) in [4.78, 5) is 12.3. The van der Waals surface area contributed by atoms with Crippen LogP contribution in [0.1, 0.15) is 22.3 Å². The molecule has 0 atom stereocenters. The lowest BCUT2D eigenvalue weighted by Crippen LogP contribution is -2.26. The number of rotatable bonds is 7. The molecule has 1 N–H and O–H groups in total. The molecule has 5 nitrogen and oxygen atoms in total. The summed E-state index contributed by atoms with van der Waals surface area (Å²) in [6.07, 6.45) is 2.23. The Morgan fingerprint density at radius 3 is 2.44 bits per heavy atom. The van der Waals surface area contributed by atoms with Gasteiger partial charge in [-0.2, -0.15) is 5.26 Å². The number of nitrogens with zero attached hydrogens (tertiary/aromatic N) is 1. The molecule has 2 rings (SSSR count). The van der Waals surface area contributed by atoms with E-state index < -0.39 is 0 Å². The first-order valence-electron chi connectivity index (χ1n) is 8.66. The number of carbonyl (C=O) groups excluding carboxylic acids is 1. The van der Waals surface area contributed by atoms with Crippen LogP contribution in [0.3, 0.4) is 0 Å². The molecule has 1 amide bonds. The lowest BCUT2D eigenvalue weighted by molar-refractivity contribution is -0.117. The van der Waals surface area contributed by atoms with Crippen molar-refractivity contribution in [2.24, 2.45) is 0 Å². The summed E-state index contributed by atoms with van der Waals surface area (Å²) in [5.41, 5.74) is 4.22. The normalized spacial score (nSPS) is 10.9. The van der Waals surface area contributed by atoms with Gasteiger partial charge in [0.25, 0.3) is 5.91 Å². The molecule has 0 saturated carbocycles. The van der Waals surface area contributed by atoms with E-state index in [1.54, 1.807) is 20.3 Å². The van der Waals surface area contributed by atoms with Gasteiger partial charge in [0.2, 0.25) is 0 Å². The number of carbonyl (C=O) groups is 1. The number of hydrogen-bond acceptors (Lipinski definition) is 4. The number of amides is 1. The number of nitrogens with one attached hydrogen (secondary N) is 1. The van der Waals surface area contributed by atoms with Crippen LogP contribution in [0.5, 0.6) is 11.5 Å². The predicted molar refractivity (Wildman–Crippen MR) is 106 cm³/mol. The quantitative estimate of drug-likeness (QED) is 0.602. The van der Waals surface area contributed by atoms with E-state index in [-0.39, 0.29) is 11.5 Å². The van der Waals surface area contributed by atoms with Crippen molar-refractivity contribution >= 4 is 12.0 Å². The smallest absolute Gasteiger partial charge is 0.261 e. The second kappa shape index (κ2) is 9.44. The molecule has 5 heteroatoms. The van der Waals surface area contributed by atoms with Crippen LogP contribution in [0, 0.1) is 25.2 Å². The van der Waals surface area contributed by atoms with Crippen LogP contribution >= 0.6 is 0 Å². The summed E-state index contributed by atoms with van der Waals surface area (Å²) >= 11 is 0. The SMILES string of the molecule is COc1ccc(CCNC(=O)/C(C#N)=C/c2ccc(C)c(C)c2)cc1OC. The Hall–Kier alpha value is -3.26. The number of nitriles is 1. The molecule has 0 aliphatic carbocycles. The molecule has 0 fully saturated rings. The summed E-state index contributed by atoms with van der Waals surface area (Å²) in [6.45, 7) is 4.44. The minimum absolute atomic E-state index is 0.0885. The Morgan fingerprint density at radius 1 is 1.07 bits per heavy atom. The third-order valence-electron chi connectivity index (χ3n) is 4.35. The van der Waals surface area contributed by atoms with Gasteiger partial charge in [0.05, 0.1) is 14.2 Å². The van der Waals surface area contributed by atoms with Crippen molar-refractivity contribution in [2.45, 2.75) is 20.3 Å². The standard InChI is InChI=1S/C22H24N2O3/c1-15-5-6-18(11-16(15)2)12-19(14-23)22(25)24-10-9-17-7-8-20(26-3)21(13-17)27-4/h5-8,11-13H,9-10H2,1-4H3,(H,24,25)/b19-12+. The van der Waals surface area contributed by atoms with Crippen LogP contribution in [0.2, 0.25) is 0 Å². The van der Waals surface area contributed by atoms with Gasteiger partial charge in [-0.15, -0.1) is 0 Å². The molecule has 0 aliphatic rings. The second-order valence-corrected chi connectivity index (χ2v) is 6.21. The molecule has 0 spiro atoms. The first kappa shape index (κ1) is 20.1. The summed E-state index contributed by atoms with van der Waals surface area (Å²) in [5.74, 6) is 0.929. The highest BCUT2D eigenvalue weighted by atomic mass is 16.5. The molecule has 140 valence electrons. The summed E-state index contributed by atoms with van der Waals surface area (Å²) in [6, 6.07) is 13.4. The number of ether oxygens (including phenoxy) is 2. The topological polar surface area (TPSA) is 71.3 Å². The van der Waals surface area contributed by atoms with Crippen molar-refractivity contribution in [1.82, 2.24) is 5.32 Å². The second-order valence-electron chi connectivity index (χ2n) is 6.21. The monoisotopic (exact) mass is 364 g/mol. The van der Waals surface area contributed by atoms with E-state index in [1.165, 1.54) is 5.56 Å². The highest BCUT2D eigenvalue weighted by molar-refractivity contribution is 6.01. The molecule has 0 unspecified atom stereocenters. The average molecular weight is 364 g/mol. The van der Waals surface area contributed by atoms with Crippen molar-refractivity contribution in [3.05, 3.63) is 64.2 Å². The number of methoxy groups -OCH3 is 2. The minimum Gasteiger partial charge on any atom is -0.493 e. The number of benzene rings is 2. The van der Waals surface area contributed by atoms with Crippen molar-refractivity contribution in [3.63, 3.8) is 0 Å². The molecule has 27 heavy (non-hydrogen) atoms. The van der Waals surface area contributed by atoms with Crippen LogP contribution in [0.25, 0.3) is 6.08 Å². The Labute approximate surface area is 160 Å². The van der Waals surface area contributed by atoms with E-state index >= 15 is 0 Å². The Kier molecular flexibility index (Phi) is 7.01. The average Bonchev–Trinajstić information content (AvgIpc) is 2.68. The first-order valence-corrected chi connectivity index (χ1v) is 8.66. The van der Waals surface area contributed by atoms with Gasteiger partial charge in [-0.05, 0) is 60.7 Å². The zero-order valence-electron chi connectivity index (χ0n) is 16.1. The van der Waals surface area contributed by atoms with Gasteiger partial charge in [-0.3, -0.25) is 4.79 Å². The fourth-order valence-electron chi connectivity index (χ4n) is 2.62. The first-order chi connectivity index (χ1) is 13.0. The maximum absolute atomic E-state index is 12.3. The van der Waals surface area contributed by atoms with Crippen molar-refractivity contribution in [3.8, 4) is 17.6 Å². The fourth-order valence-corrected chi connectivity index (χ4v) is 2.62. The van der Waals surface area contributed by atoms with E-state index in [4.69, 9.17) is 9.47 Å². The van der Waals surface area contributed by atoms with E-state index in [0.717, 1.165) is 16.7 Å². The number of hydrogen-bond donors (Lipinski definition) is 1. The maximum Gasteiger partial charge on any atom is 0.261 e. The van der Waals surface area contributed by atoms with Gasteiger partial charge in [0, 0.05) is 6.54 Å². The molecular formula is C22H24N2O3. The Morgan fingerprint density at radius 2 is 1.81 bits per heavy atom. The van der Waals surface area contributed by atoms with Gasteiger partial charge in [-0.1, -0.05) is 24.3 Å². The van der Waals surface area contributed by atoms with Crippen LogP contribution in [-0.2, 0) is 11.2 Å². The van der Waals surface area contributed by atoms with Gasteiger partial charge in [-0.25, -0.2) is 0 Å². The highest BCUT2D eigenvalue weighted by Crippen LogP contribution is 2.27. The molecule has 2 aromatic carbocycles. The van der Waals surface area contributed by atoms with Crippen LogP contribution in [0.15, 0.2) is 42.0 Å². The lowest BCUT2D eigenvalue weighted by Gasteiger charge is -2.10. The van der Waals surface area contributed by atoms with E-state index in [2.05, 4.69) is 5.32 Å². The summed E-state index contributed by atoms with van der Waals surface area (Å²) in [5, 5.41) is 12.1. The Balaban J connectivity index is 2.00. The zero-order chi connectivity index (χ0) is 19.8. The van der Waals surface area contributed by atoms with Gasteiger partial charge in [0.15, 0.2) is 11.5 Å². The van der Waals surface area contributed by atoms with E-state index in [1.807, 2.05) is 56.3 Å². The third-order valence-corrected chi connectivity index (χ3v) is 4.35. The van der Waals surface area contributed by atoms with Crippen molar-refractivity contribution in [1.29, 1.82) is 5.26 Å². The number of aryl methyl sites for hydroxylation is 2. The van der Waals surface area contributed by atoms with Gasteiger partial charge >= 0.3 is 0 Å². The highest BCUT2D eigenvalue weighted by Gasteiger charge is 2.10. The predicted octanol–water partition coefficient (Wildman–Crippen LogP) is 3.59. The van der Waals surface area contributed by atoms with Gasteiger partial charge in [0.1, 0.15) is 11.6 Å². The van der Waals surface area contributed by atoms with Crippen LogP contribution in [-0.4, -0.2) is 26.7 Å². The largest absolute Gasteiger partial charge is 0.493 e. The fraction of sp³-hybridized carbons (Fsp3) is 0.273. The summed E-state index contributed by atoms with van der Waals surface area (Å²) in [7, 11) is 3.17. The maximum atomic E-state index is 12.3. The zero-order valence-corrected chi connectivity index (χ0v) is 16.1. The third kappa shape index (κ3) is 5.35. The van der Waals surface area contributed by atoms with E-state index in [0.29, 0.717) is 24.5 Å². The lowest BCUT2D eigenvalue weighted by atomic mass is 10.0. The van der Waals surface area contributed by atoms with Gasteiger partial charge < -0.3 is 14.8 Å². The van der Waals surface area contributed by atoms with Crippen molar-refractivity contribution < 1.29 is 14.3 Å². The van der Waals surface area contributed by atoms with Crippen LogP contribution < -0.4 is 14.8 Å². The molecule has 0 radical (unpaired) electrons. The molecule has 0 aromatic heterocycles. The van der Waals surface area contributed by atoms with E-state index in [9.17, 15) is 10.1 Å². The molecule has 0 aliphatic heterocycles. The molecule has 2 aromatic rings. The van der Waals surface area contributed by atoms with Crippen LogP contribution in [0.4, 0.5) is 0 Å².